The van der Waals surface area contributed by atoms with Gasteiger partial charge in [0.15, 0.2) is 0 Å². The van der Waals surface area contributed by atoms with Gasteiger partial charge in [-0.05, 0) is 42.5 Å². The normalized spacial score (nSPS) is 14.4. The second-order valence-electron chi connectivity index (χ2n) is 7.33. The van der Waals surface area contributed by atoms with Crippen molar-refractivity contribution < 1.29 is 22.4 Å². The van der Waals surface area contributed by atoms with Crippen LogP contribution >= 0.6 is 0 Å². The van der Waals surface area contributed by atoms with E-state index < -0.39 is 11.7 Å². The fraction of sp³-hybridized carbons (Fsp3) is 0.217. The number of pyridine rings is 1. The molecule has 2 heterocycles. The Hall–Kier alpha value is -3.62. The first kappa shape index (κ1) is 21.6. The van der Waals surface area contributed by atoms with Gasteiger partial charge in [0.1, 0.15) is 11.6 Å². The SMILES string of the molecule is O=C(c1cccnc1Nc1cccc(C(F)(F)F)c1)N1CCN(c2ccccc2F)CC1. The number of rotatable bonds is 4. The summed E-state index contributed by atoms with van der Waals surface area (Å²) in [6.07, 6.45) is -3.01. The molecule has 0 bridgehead atoms. The predicted octanol–water partition coefficient (Wildman–Crippen LogP) is 4.95. The molecule has 4 rings (SSSR count). The fourth-order valence-corrected chi connectivity index (χ4v) is 3.62. The Kier molecular flexibility index (Phi) is 5.98. The first-order chi connectivity index (χ1) is 15.3. The van der Waals surface area contributed by atoms with E-state index >= 15 is 0 Å². The van der Waals surface area contributed by atoms with E-state index in [9.17, 15) is 22.4 Å². The molecule has 9 heteroatoms. The van der Waals surface area contributed by atoms with E-state index in [0.717, 1.165) is 12.1 Å². The van der Waals surface area contributed by atoms with Crippen LogP contribution in [0.15, 0.2) is 66.9 Å². The standard InChI is InChI=1S/C23H20F4N4O/c24-19-8-1-2-9-20(19)30-11-13-31(14-12-30)22(32)18-7-4-10-28-21(18)29-17-6-3-5-16(15-17)23(25,26)27/h1-10,15H,11-14H2,(H,28,29). The van der Waals surface area contributed by atoms with E-state index in [2.05, 4.69) is 10.3 Å². The van der Waals surface area contributed by atoms with Crippen LogP contribution in [0, 0.1) is 5.82 Å². The molecule has 1 amide bonds. The van der Waals surface area contributed by atoms with Crippen LogP contribution in [0.25, 0.3) is 0 Å². The number of nitrogens with one attached hydrogen (secondary N) is 1. The lowest BCUT2D eigenvalue weighted by molar-refractivity contribution is -0.137. The zero-order valence-electron chi connectivity index (χ0n) is 16.9. The van der Waals surface area contributed by atoms with Gasteiger partial charge < -0.3 is 15.1 Å². The second-order valence-corrected chi connectivity index (χ2v) is 7.33. The Balaban J connectivity index is 1.48. The Bertz CT molecular complexity index is 1110. The molecule has 32 heavy (non-hydrogen) atoms. The molecule has 1 aromatic heterocycles. The average molecular weight is 444 g/mol. The highest BCUT2D eigenvalue weighted by Gasteiger charge is 2.30. The summed E-state index contributed by atoms with van der Waals surface area (Å²) in [6.45, 7) is 1.68. The van der Waals surface area contributed by atoms with Crippen LogP contribution in [0.2, 0.25) is 0 Å². The zero-order valence-corrected chi connectivity index (χ0v) is 16.9. The number of hydrogen-bond donors (Lipinski definition) is 1. The first-order valence-corrected chi connectivity index (χ1v) is 10.0. The Morgan fingerprint density at radius 1 is 0.938 bits per heavy atom. The van der Waals surface area contributed by atoms with Gasteiger partial charge in [-0.15, -0.1) is 0 Å². The van der Waals surface area contributed by atoms with Crippen molar-refractivity contribution in [1.82, 2.24) is 9.88 Å². The summed E-state index contributed by atoms with van der Waals surface area (Å²) < 4.78 is 53.1. The molecule has 1 aliphatic heterocycles. The molecule has 0 radical (unpaired) electrons. The zero-order chi connectivity index (χ0) is 22.7. The highest BCUT2D eigenvalue weighted by atomic mass is 19.4. The first-order valence-electron chi connectivity index (χ1n) is 10.0. The Morgan fingerprint density at radius 2 is 1.69 bits per heavy atom. The maximum atomic E-state index is 14.0. The lowest BCUT2D eigenvalue weighted by Crippen LogP contribution is -2.49. The van der Waals surface area contributed by atoms with Crippen molar-refractivity contribution in [2.75, 3.05) is 36.4 Å². The number of amides is 1. The molecule has 0 atom stereocenters. The number of halogens is 4. The summed E-state index contributed by atoms with van der Waals surface area (Å²) in [7, 11) is 0. The van der Waals surface area contributed by atoms with Crippen molar-refractivity contribution in [3.63, 3.8) is 0 Å². The summed E-state index contributed by atoms with van der Waals surface area (Å²) in [5.41, 5.74) is 0.129. The molecule has 1 N–H and O–H groups in total. The molecule has 1 fully saturated rings. The molecule has 0 unspecified atom stereocenters. The van der Waals surface area contributed by atoms with Crippen molar-refractivity contribution in [1.29, 1.82) is 0 Å². The number of nitrogens with zero attached hydrogens (tertiary/aromatic N) is 3. The van der Waals surface area contributed by atoms with Crippen LogP contribution < -0.4 is 10.2 Å². The second kappa shape index (κ2) is 8.86. The third-order valence-electron chi connectivity index (χ3n) is 5.25. The minimum atomic E-state index is -4.47. The van der Waals surface area contributed by atoms with Gasteiger partial charge >= 0.3 is 6.18 Å². The van der Waals surface area contributed by atoms with E-state index in [1.165, 1.54) is 24.4 Å². The number of para-hydroxylation sites is 1. The van der Waals surface area contributed by atoms with Crippen molar-refractivity contribution in [3.8, 4) is 0 Å². The monoisotopic (exact) mass is 444 g/mol. The number of carbonyl (C=O) groups excluding carboxylic acids is 1. The lowest BCUT2D eigenvalue weighted by Gasteiger charge is -2.36. The molecule has 3 aromatic rings. The van der Waals surface area contributed by atoms with Gasteiger partial charge in [-0.25, -0.2) is 9.37 Å². The largest absolute Gasteiger partial charge is 0.416 e. The van der Waals surface area contributed by atoms with E-state index in [1.807, 2.05) is 4.90 Å². The summed E-state index contributed by atoms with van der Waals surface area (Å²) in [4.78, 5) is 20.8. The number of hydrogen-bond acceptors (Lipinski definition) is 4. The van der Waals surface area contributed by atoms with Crippen LogP contribution in [0.3, 0.4) is 0 Å². The smallest absolute Gasteiger partial charge is 0.366 e. The van der Waals surface area contributed by atoms with E-state index in [-0.39, 0.29) is 28.8 Å². The van der Waals surface area contributed by atoms with Gasteiger partial charge in [0.25, 0.3) is 5.91 Å². The summed E-state index contributed by atoms with van der Waals surface area (Å²) in [5, 5.41) is 2.83. The average Bonchev–Trinajstić information content (AvgIpc) is 2.79. The van der Waals surface area contributed by atoms with Crippen molar-refractivity contribution in [2.45, 2.75) is 6.18 Å². The minimum absolute atomic E-state index is 0.174. The minimum Gasteiger partial charge on any atom is -0.366 e. The maximum absolute atomic E-state index is 14.0. The predicted molar refractivity (Wildman–Crippen MR) is 113 cm³/mol. The van der Waals surface area contributed by atoms with Gasteiger partial charge in [0, 0.05) is 38.1 Å². The van der Waals surface area contributed by atoms with Crippen molar-refractivity contribution in [2.24, 2.45) is 0 Å². The molecular weight excluding hydrogens is 424 g/mol. The van der Waals surface area contributed by atoms with Gasteiger partial charge in [-0.3, -0.25) is 4.79 Å². The number of anilines is 3. The molecule has 1 saturated heterocycles. The molecule has 1 aliphatic rings. The number of alkyl halides is 3. The van der Waals surface area contributed by atoms with Gasteiger partial charge in [0.2, 0.25) is 0 Å². The van der Waals surface area contributed by atoms with Crippen LogP contribution in [0.1, 0.15) is 15.9 Å². The van der Waals surface area contributed by atoms with E-state index in [4.69, 9.17) is 0 Å². The molecule has 0 aliphatic carbocycles. The van der Waals surface area contributed by atoms with Crippen molar-refractivity contribution >= 4 is 23.1 Å². The number of piperazine rings is 1. The molecule has 0 spiro atoms. The van der Waals surface area contributed by atoms with Crippen LogP contribution in [-0.2, 0) is 6.18 Å². The summed E-state index contributed by atoms with van der Waals surface area (Å²) in [6, 6.07) is 14.4. The molecule has 0 saturated carbocycles. The summed E-state index contributed by atoms with van der Waals surface area (Å²) in [5.74, 6) is -0.429. The molecule has 166 valence electrons. The topological polar surface area (TPSA) is 48.5 Å². The fourth-order valence-electron chi connectivity index (χ4n) is 3.62. The third kappa shape index (κ3) is 4.66. The van der Waals surface area contributed by atoms with Crippen LogP contribution in [0.5, 0.6) is 0 Å². The molecule has 2 aromatic carbocycles. The third-order valence-corrected chi connectivity index (χ3v) is 5.25. The Morgan fingerprint density at radius 3 is 2.41 bits per heavy atom. The lowest BCUT2D eigenvalue weighted by atomic mass is 10.1. The molecule has 5 nitrogen and oxygen atoms in total. The Labute approximate surface area is 182 Å². The van der Waals surface area contributed by atoms with Crippen molar-refractivity contribution in [3.05, 3.63) is 83.8 Å². The summed E-state index contributed by atoms with van der Waals surface area (Å²) >= 11 is 0. The number of benzene rings is 2. The highest BCUT2D eigenvalue weighted by Crippen LogP contribution is 2.31. The van der Waals surface area contributed by atoms with E-state index in [0.29, 0.717) is 31.9 Å². The van der Waals surface area contributed by atoms with Crippen LogP contribution in [-0.4, -0.2) is 42.0 Å². The van der Waals surface area contributed by atoms with Gasteiger partial charge in [-0.1, -0.05) is 18.2 Å². The van der Waals surface area contributed by atoms with Gasteiger partial charge in [0.05, 0.1) is 16.8 Å². The maximum Gasteiger partial charge on any atom is 0.416 e. The number of carbonyl (C=O) groups is 1. The molecular formula is C23H20F4N4O. The van der Waals surface area contributed by atoms with Crippen LogP contribution in [0.4, 0.5) is 34.8 Å². The number of aromatic nitrogens is 1. The van der Waals surface area contributed by atoms with E-state index in [1.54, 1.807) is 35.2 Å². The quantitative estimate of drug-likeness (QED) is 0.579. The van der Waals surface area contributed by atoms with Gasteiger partial charge in [-0.2, -0.15) is 13.2 Å². The highest BCUT2D eigenvalue weighted by molar-refractivity contribution is 5.99.